The number of carbonyl (C=O) groups is 2. The van der Waals surface area contributed by atoms with E-state index in [1.807, 2.05) is 37.3 Å². The topological polar surface area (TPSA) is 81.4 Å². The summed E-state index contributed by atoms with van der Waals surface area (Å²) in [6.07, 6.45) is 0.487. The lowest BCUT2D eigenvalue weighted by Crippen LogP contribution is -2.47. The van der Waals surface area contributed by atoms with Crippen molar-refractivity contribution in [3.63, 3.8) is 0 Å². The van der Waals surface area contributed by atoms with Crippen LogP contribution in [0.25, 0.3) is 0 Å². The zero-order valence-corrected chi connectivity index (χ0v) is 14.4. The van der Waals surface area contributed by atoms with Gasteiger partial charge in [-0.2, -0.15) is 0 Å². The van der Waals surface area contributed by atoms with Crippen LogP contribution in [0, 0.1) is 13.8 Å². The molecule has 128 valence electrons. The SMILES string of the molecule is CCC(CNC(=O)c1nc(C)oc1C)(C(=O)OC)c1ccccc1. The molecule has 2 aromatic rings. The molecule has 0 aliphatic carbocycles. The zero-order chi connectivity index (χ0) is 17.7. The van der Waals surface area contributed by atoms with Crippen LogP contribution in [0.4, 0.5) is 0 Å². The van der Waals surface area contributed by atoms with Gasteiger partial charge in [0.1, 0.15) is 11.2 Å². The van der Waals surface area contributed by atoms with Crippen LogP contribution in [0.15, 0.2) is 34.7 Å². The second-order valence-electron chi connectivity index (χ2n) is 5.61. The second kappa shape index (κ2) is 7.29. The van der Waals surface area contributed by atoms with E-state index in [-0.39, 0.29) is 24.1 Å². The predicted octanol–water partition coefficient (Wildman–Crippen LogP) is 2.54. The van der Waals surface area contributed by atoms with Gasteiger partial charge in [-0.3, -0.25) is 9.59 Å². The minimum Gasteiger partial charge on any atom is -0.468 e. The van der Waals surface area contributed by atoms with Gasteiger partial charge in [0, 0.05) is 13.5 Å². The van der Waals surface area contributed by atoms with Gasteiger partial charge in [0.2, 0.25) is 0 Å². The molecule has 6 nitrogen and oxygen atoms in total. The number of nitrogens with one attached hydrogen (secondary N) is 1. The van der Waals surface area contributed by atoms with Gasteiger partial charge in [-0.1, -0.05) is 37.3 Å². The first kappa shape index (κ1) is 17.7. The molecule has 1 N–H and O–H groups in total. The van der Waals surface area contributed by atoms with Crippen molar-refractivity contribution in [3.8, 4) is 0 Å². The molecule has 0 bridgehead atoms. The summed E-state index contributed by atoms with van der Waals surface area (Å²) in [6, 6.07) is 9.31. The van der Waals surface area contributed by atoms with Crippen LogP contribution >= 0.6 is 0 Å². The molecule has 0 saturated heterocycles. The van der Waals surface area contributed by atoms with E-state index in [4.69, 9.17) is 9.15 Å². The molecule has 6 heteroatoms. The van der Waals surface area contributed by atoms with E-state index in [9.17, 15) is 9.59 Å². The fourth-order valence-corrected chi connectivity index (χ4v) is 2.77. The Morgan fingerprint density at radius 1 is 1.25 bits per heavy atom. The first-order valence-electron chi connectivity index (χ1n) is 7.80. The number of aryl methyl sites for hydroxylation is 2. The van der Waals surface area contributed by atoms with E-state index >= 15 is 0 Å². The van der Waals surface area contributed by atoms with Gasteiger partial charge in [-0.25, -0.2) is 4.98 Å². The number of hydrogen-bond acceptors (Lipinski definition) is 5. The maximum absolute atomic E-state index is 12.5. The number of aromatic nitrogens is 1. The largest absolute Gasteiger partial charge is 0.468 e. The average molecular weight is 330 g/mol. The maximum Gasteiger partial charge on any atom is 0.318 e. The number of rotatable bonds is 6. The normalized spacial score (nSPS) is 13.2. The molecule has 1 heterocycles. The molecule has 2 rings (SSSR count). The van der Waals surface area contributed by atoms with Crippen LogP contribution in [0.3, 0.4) is 0 Å². The minimum absolute atomic E-state index is 0.115. The third-order valence-electron chi connectivity index (χ3n) is 4.18. The van der Waals surface area contributed by atoms with Crippen LogP contribution < -0.4 is 5.32 Å². The standard InChI is InChI=1S/C18H22N2O4/c1-5-18(17(22)23-4,14-9-7-6-8-10-14)11-19-16(21)15-12(2)24-13(3)20-15/h6-10H,5,11H2,1-4H3,(H,19,21). The molecular formula is C18H22N2O4. The molecule has 0 radical (unpaired) electrons. The second-order valence-corrected chi connectivity index (χ2v) is 5.61. The Bertz CT molecular complexity index is 724. The van der Waals surface area contributed by atoms with Crippen LogP contribution in [-0.4, -0.2) is 30.5 Å². The monoisotopic (exact) mass is 330 g/mol. The summed E-state index contributed by atoms with van der Waals surface area (Å²) in [5, 5.41) is 2.80. The molecule has 1 aromatic carbocycles. The Morgan fingerprint density at radius 2 is 1.92 bits per heavy atom. The van der Waals surface area contributed by atoms with Crippen molar-refractivity contribution in [1.82, 2.24) is 10.3 Å². The van der Waals surface area contributed by atoms with Crippen molar-refractivity contribution in [2.75, 3.05) is 13.7 Å². The van der Waals surface area contributed by atoms with Crippen LogP contribution in [0.1, 0.15) is 41.0 Å². The molecule has 0 aliphatic heterocycles. The van der Waals surface area contributed by atoms with E-state index in [0.717, 1.165) is 5.56 Å². The molecule has 24 heavy (non-hydrogen) atoms. The van der Waals surface area contributed by atoms with Crippen molar-refractivity contribution in [1.29, 1.82) is 0 Å². The number of oxazole rings is 1. The number of benzene rings is 1. The van der Waals surface area contributed by atoms with Gasteiger partial charge >= 0.3 is 5.97 Å². The first-order chi connectivity index (χ1) is 11.4. The lowest BCUT2D eigenvalue weighted by atomic mass is 9.78. The van der Waals surface area contributed by atoms with Crippen molar-refractivity contribution in [2.24, 2.45) is 0 Å². The highest BCUT2D eigenvalue weighted by molar-refractivity contribution is 5.94. The Kier molecular flexibility index (Phi) is 5.39. The molecule has 0 aliphatic rings. The van der Waals surface area contributed by atoms with Gasteiger partial charge in [0.05, 0.1) is 7.11 Å². The molecule has 0 fully saturated rings. The third kappa shape index (κ3) is 3.32. The van der Waals surface area contributed by atoms with Gasteiger partial charge in [-0.05, 0) is 18.9 Å². The summed E-state index contributed by atoms with van der Waals surface area (Å²) >= 11 is 0. The summed E-state index contributed by atoms with van der Waals surface area (Å²) in [5.74, 6) is 0.117. The molecule has 0 spiro atoms. The van der Waals surface area contributed by atoms with E-state index in [0.29, 0.717) is 18.1 Å². The first-order valence-corrected chi connectivity index (χ1v) is 7.80. The van der Waals surface area contributed by atoms with Crippen molar-refractivity contribution >= 4 is 11.9 Å². The van der Waals surface area contributed by atoms with Gasteiger partial charge in [0.25, 0.3) is 5.91 Å². The predicted molar refractivity (Wildman–Crippen MR) is 88.7 cm³/mol. The molecule has 1 aromatic heterocycles. The van der Waals surface area contributed by atoms with Gasteiger partial charge in [-0.15, -0.1) is 0 Å². The molecule has 1 atom stereocenters. The van der Waals surface area contributed by atoms with Crippen LogP contribution in [0.2, 0.25) is 0 Å². The number of hydrogen-bond donors (Lipinski definition) is 1. The summed E-state index contributed by atoms with van der Waals surface area (Å²) in [5.41, 5.74) is 0.0846. The third-order valence-corrected chi connectivity index (χ3v) is 4.18. The number of ether oxygens (including phenoxy) is 1. The van der Waals surface area contributed by atoms with Crippen molar-refractivity contribution in [2.45, 2.75) is 32.6 Å². The smallest absolute Gasteiger partial charge is 0.318 e. The quantitative estimate of drug-likeness (QED) is 0.823. The Morgan fingerprint density at radius 3 is 2.42 bits per heavy atom. The van der Waals surface area contributed by atoms with E-state index in [1.165, 1.54) is 7.11 Å². The Labute approximate surface area is 141 Å². The number of amides is 1. The minimum atomic E-state index is -0.946. The van der Waals surface area contributed by atoms with Crippen LogP contribution in [-0.2, 0) is 14.9 Å². The highest BCUT2D eigenvalue weighted by atomic mass is 16.5. The summed E-state index contributed by atoms with van der Waals surface area (Å²) in [7, 11) is 1.35. The number of methoxy groups -OCH3 is 1. The highest BCUT2D eigenvalue weighted by Crippen LogP contribution is 2.29. The summed E-state index contributed by atoms with van der Waals surface area (Å²) in [4.78, 5) is 29.0. The van der Waals surface area contributed by atoms with E-state index < -0.39 is 5.41 Å². The van der Waals surface area contributed by atoms with Gasteiger partial charge in [0.15, 0.2) is 11.6 Å². The zero-order valence-electron chi connectivity index (χ0n) is 14.4. The number of esters is 1. The summed E-state index contributed by atoms with van der Waals surface area (Å²) in [6.45, 7) is 5.37. The van der Waals surface area contributed by atoms with E-state index in [1.54, 1.807) is 13.8 Å². The molecule has 1 amide bonds. The van der Waals surface area contributed by atoms with E-state index in [2.05, 4.69) is 10.3 Å². The van der Waals surface area contributed by atoms with Crippen molar-refractivity contribution in [3.05, 3.63) is 53.2 Å². The van der Waals surface area contributed by atoms with Crippen LogP contribution in [0.5, 0.6) is 0 Å². The lowest BCUT2D eigenvalue weighted by Gasteiger charge is -2.30. The van der Waals surface area contributed by atoms with Crippen molar-refractivity contribution < 1.29 is 18.7 Å². The highest BCUT2D eigenvalue weighted by Gasteiger charge is 2.40. The fraction of sp³-hybridized carbons (Fsp3) is 0.389. The molecular weight excluding hydrogens is 308 g/mol. The Hall–Kier alpha value is -2.63. The number of nitrogens with zero attached hydrogens (tertiary/aromatic N) is 1. The van der Waals surface area contributed by atoms with Gasteiger partial charge < -0.3 is 14.5 Å². The Balaban J connectivity index is 2.28. The maximum atomic E-state index is 12.5. The lowest BCUT2D eigenvalue weighted by molar-refractivity contribution is -0.147. The fourth-order valence-electron chi connectivity index (χ4n) is 2.77. The molecule has 0 saturated carbocycles. The number of carbonyl (C=O) groups excluding carboxylic acids is 2. The average Bonchev–Trinajstić information content (AvgIpc) is 2.94. The molecule has 1 unspecified atom stereocenters. The summed E-state index contributed by atoms with van der Waals surface area (Å²) < 4.78 is 10.3.